The Kier molecular flexibility index (Phi) is 5.73. The van der Waals surface area contributed by atoms with Crippen LogP contribution in [0, 0.1) is 5.92 Å². The smallest absolute Gasteiger partial charge is 0.180 e. The molecule has 3 aromatic rings. The van der Waals surface area contributed by atoms with Crippen molar-refractivity contribution < 1.29 is 4.57 Å². The van der Waals surface area contributed by atoms with Gasteiger partial charge in [-0.2, -0.15) is 0 Å². The molecule has 0 radical (unpaired) electrons. The molecule has 1 saturated heterocycles. The fourth-order valence-electron chi connectivity index (χ4n) is 3.81. The van der Waals surface area contributed by atoms with Crippen molar-refractivity contribution in [3.63, 3.8) is 0 Å². The zero-order valence-electron chi connectivity index (χ0n) is 16.3. The summed E-state index contributed by atoms with van der Waals surface area (Å²) in [4.78, 5) is 3.61. The van der Waals surface area contributed by atoms with Crippen molar-refractivity contribution in [2.75, 3.05) is 18.8 Å². The fourth-order valence-corrected chi connectivity index (χ4v) is 8.46. The van der Waals surface area contributed by atoms with Gasteiger partial charge in [0.25, 0.3) is 0 Å². The van der Waals surface area contributed by atoms with Crippen LogP contribution in [-0.4, -0.2) is 18.0 Å². The second kappa shape index (κ2) is 8.24. The van der Waals surface area contributed by atoms with Crippen LogP contribution in [0.2, 0.25) is 0 Å². The summed E-state index contributed by atoms with van der Waals surface area (Å²) in [5, 5.41) is 1.72. The highest BCUT2D eigenvalue weighted by Crippen LogP contribution is 2.45. The van der Waals surface area contributed by atoms with Crippen LogP contribution < -0.4 is 21.0 Å². The average molecular weight is 411 g/mol. The quantitative estimate of drug-likeness (QED) is 0.641. The van der Waals surface area contributed by atoms with Gasteiger partial charge in [0.1, 0.15) is 0 Å². The third-order valence-corrected chi connectivity index (χ3v) is 10.4. The lowest BCUT2D eigenvalue weighted by atomic mass is 9.99. The summed E-state index contributed by atoms with van der Waals surface area (Å²) < 4.78 is 15.3. The van der Waals surface area contributed by atoms with E-state index in [1.807, 2.05) is 66.7 Å². The van der Waals surface area contributed by atoms with E-state index in [4.69, 9.17) is 5.73 Å². The van der Waals surface area contributed by atoms with Crippen LogP contribution in [-0.2, 0) is 11.1 Å². The fraction of sp³-hybridized carbons (Fsp3) is 0.304. The minimum Gasteiger partial charge on any atom is -0.398 e. The van der Waals surface area contributed by atoms with Crippen LogP contribution in [0.25, 0.3) is 0 Å². The molecule has 0 bridgehead atoms. The molecule has 2 aromatic carbocycles. The van der Waals surface area contributed by atoms with Gasteiger partial charge in [0, 0.05) is 27.7 Å². The van der Waals surface area contributed by atoms with Crippen molar-refractivity contribution in [3.05, 3.63) is 71.6 Å². The summed E-state index contributed by atoms with van der Waals surface area (Å²) in [7, 11) is -2.93. The molecule has 0 atom stereocenters. The van der Waals surface area contributed by atoms with Crippen molar-refractivity contribution in [1.82, 2.24) is 4.90 Å². The SMILES string of the molecule is CC1CCN(Cc2sc(P(=O)(c3ccccc3)c3ccccc3)cc2N)CC1. The summed E-state index contributed by atoms with van der Waals surface area (Å²) in [6.45, 7) is 5.41. The Morgan fingerprint density at radius 2 is 1.54 bits per heavy atom. The van der Waals surface area contributed by atoms with Crippen molar-refractivity contribution in [3.8, 4) is 0 Å². The lowest BCUT2D eigenvalue weighted by Gasteiger charge is -2.29. The molecule has 1 aliphatic rings. The molecule has 1 fully saturated rings. The molecular weight excluding hydrogens is 383 g/mol. The first kappa shape index (κ1) is 19.4. The molecule has 3 nitrogen and oxygen atoms in total. The van der Waals surface area contributed by atoms with Crippen molar-refractivity contribution >= 4 is 39.4 Å². The molecule has 2 heterocycles. The van der Waals surface area contributed by atoms with E-state index >= 15 is 0 Å². The van der Waals surface area contributed by atoms with Gasteiger partial charge in [0.05, 0.1) is 4.62 Å². The largest absolute Gasteiger partial charge is 0.398 e. The average Bonchev–Trinajstić information content (AvgIpc) is 3.11. The predicted molar refractivity (Wildman–Crippen MR) is 122 cm³/mol. The number of rotatable bonds is 5. The molecule has 2 N–H and O–H groups in total. The summed E-state index contributed by atoms with van der Waals surface area (Å²) in [5.74, 6) is 0.809. The van der Waals surface area contributed by atoms with Crippen LogP contribution in [0.5, 0.6) is 0 Å². The highest BCUT2D eigenvalue weighted by Gasteiger charge is 2.32. The van der Waals surface area contributed by atoms with Gasteiger partial charge >= 0.3 is 0 Å². The number of hydrogen-bond donors (Lipinski definition) is 1. The maximum absolute atomic E-state index is 14.5. The molecule has 4 rings (SSSR count). The molecule has 1 aliphatic heterocycles. The minimum absolute atomic E-state index is 0.769. The first-order chi connectivity index (χ1) is 13.6. The van der Waals surface area contributed by atoms with E-state index in [9.17, 15) is 4.57 Å². The summed E-state index contributed by atoms with van der Waals surface area (Å²) in [5.41, 5.74) is 7.17. The molecule has 1 aromatic heterocycles. The zero-order valence-corrected chi connectivity index (χ0v) is 18.0. The Balaban J connectivity index is 1.71. The van der Waals surface area contributed by atoms with Crippen LogP contribution in [0.1, 0.15) is 24.6 Å². The van der Waals surface area contributed by atoms with Crippen LogP contribution >= 0.6 is 18.5 Å². The predicted octanol–water partition coefficient (Wildman–Crippen LogP) is 4.20. The third-order valence-electron chi connectivity index (χ3n) is 5.62. The minimum atomic E-state index is -2.93. The molecule has 0 aliphatic carbocycles. The monoisotopic (exact) mass is 410 g/mol. The van der Waals surface area contributed by atoms with E-state index in [2.05, 4.69) is 11.8 Å². The van der Waals surface area contributed by atoms with Gasteiger partial charge in [-0.15, -0.1) is 11.3 Å². The number of hydrogen-bond acceptors (Lipinski definition) is 4. The van der Waals surface area contributed by atoms with Gasteiger partial charge in [0.2, 0.25) is 0 Å². The number of anilines is 1. The number of nitrogens with two attached hydrogens (primary N) is 1. The third kappa shape index (κ3) is 3.82. The number of nitrogens with zero attached hydrogens (tertiary/aromatic N) is 1. The molecule has 146 valence electrons. The molecule has 0 saturated carbocycles. The highest BCUT2D eigenvalue weighted by molar-refractivity contribution is 7.89. The summed E-state index contributed by atoms with van der Waals surface area (Å²) in [6.07, 6.45) is 2.48. The normalized spacial score (nSPS) is 16.3. The van der Waals surface area contributed by atoms with E-state index in [1.54, 1.807) is 11.3 Å². The Hall–Kier alpha value is -1.87. The number of piperidine rings is 1. The maximum Gasteiger partial charge on any atom is 0.180 e. The first-order valence-corrected chi connectivity index (χ1v) is 12.4. The Bertz CT molecular complexity index is 919. The molecular formula is C23H27N2OPS. The first-order valence-electron chi connectivity index (χ1n) is 9.90. The Labute approximate surface area is 171 Å². The number of nitrogen functional groups attached to an aromatic ring is 1. The van der Waals surface area contributed by atoms with Gasteiger partial charge in [-0.25, -0.2) is 0 Å². The van der Waals surface area contributed by atoms with E-state index in [0.29, 0.717) is 0 Å². The van der Waals surface area contributed by atoms with Gasteiger partial charge in [0.15, 0.2) is 7.14 Å². The van der Waals surface area contributed by atoms with Crippen molar-refractivity contribution in [2.24, 2.45) is 5.92 Å². The van der Waals surface area contributed by atoms with Gasteiger partial charge in [-0.3, -0.25) is 4.90 Å². The van der Waals surface area contributed by atoms with Crippen LogP contribution in [0.3, 0.4) is 0 Å². The van der Waals surface area contributed by atoms with E-state index in [-0.39, 0.29) is 0 Å². The lowest BCUT2D eigenvalue weighted by molar-refractivity contribution is 0.187. The zero-order chi connectivity index (χ0) is 19.6. The Morgan fingerprint density at radius 1 is 1.00 bits per heavy atom. The number of likely N-dealkylation sites (tertiary alicyclic amines) is 1. The second-order valence-corrected chi connectivity index (χ2v) is 11.9. The van der Waals surface area contributed by atoms with Crippen molar-refractivity contribution in [1.29, 1.82) is 0 Å². The van der Waals surface area contributed by atoms with Crippen molar-refractivity contribution in [2.45, 2.75) is 26.3 Å². The lowest BCUT2D eigenvalue weighted by Crippen LogP contribution is -2.32. The molecule has 0 amide bonds. The van der Waals surface area contributed by atoms with Crippen LogP contribution in [0.4, 0.5) is 5.69 Å². The summed E-state index contributed by atoms with van der Waals surface area (Å²) >= 11 is 1.62. The number of benzene rings is 2. The molecule has 0 spiro atoms. The van der Waals surface area contributed by atoms with Gasteiger partial charge < -0.3 is 10.3 Å². The second-order valence-electron chi connectivity index (χ2n) is 7.70. The maximum atomic E-state index is 14.5. The Morgan fingerprint density at radius 3 is 2.07 bits per heavy atom. The van der Waals surface area contributed by atoms with E-state index < -0.39 is 7.14 Å². The van der Waals surface area contributed by atoms with Gasteiger partial charge in [-0.1, -0.05) is 67.6 Å². The number of thiophene rings is 1. The van der Waals surface area contributed by atoms with Crippen LogP contribution in [0.15, 0.2) is 66.7 Å². The standard InChI is InChI=1S/C23H27N2OPS/c1-18-12-14-25(15-13-18)17-22-21(24)16-23(28-22)27(26,19-8-4-2-5-9-19)20-10-6-3-7-11-20/h2-11,16,18H,12-15,17,24H2,1H3. The van der Waals surface area contributed by atoms with Gasteiger partial charge in [-0.05, 0) is 37.9 Å². The molecule has 0 unspecified atom stereocenters. The van der Waals surface area contributed by atoms with E-state index in [1.165, 1.54) is 12.8 Å². The van der Waals surface area contributed by atoms with E-state index in [0.717, 1.165) is 51.3 Å². The topological polar surface area (TPSA) is 46.3 Å². The summed E-state index contributed by atoms with van der Waals surface area (Å²) in [6, 6.07) is 21.6. The molecule has 5 heteroatoms. The highest BCUT2D eigenvalue weighted by atomic mass is 32.1. The molecule has 28 heavy (non-hydrogen) atoms.